The molecular formula is C22H34N6. The van der Waals surface area contributed by atoms with E-state index < -0.39 is 0 Å². The van der Waals surface area contributed by atoms with E-state index in [1.165, 1.54) is 31.4 Å². The molecule has 2 aromatic rings. The van der Waals surface area contributed by atoms with Crippen LogP contribution in [0, 0.1) is 0 Å². The van der Waals surface area contributed by atoms with Crippen LogP contribution in [0.5, 0.6) is 0 Å². The van der Waals surface area contributed by atoms with Gasteiger partial charge in [0, 0.05) is 38.1 Å². The molecule has 2 heterocycles. The molecule has 1 unspecified atom stereocenters. The normalized spacial score (nSPS) is 18.2. The molecule has 1 saturated heterocycles. The summed E-state index contributed by atoms with van der Waals surface area (Å²) in [5.41, 5.74) is 2.30. The molecule has 1 atom stereocenters. The fourth-order valence-corrected chi connectivity index (χ4v) is 3.78. The predicted octanol–water partition coefficient (Wildman–Crippen LogP) is 3.19. The molecule has 1 aliphatic heterocycles. The maximum atomic E-state index is 4.80. The number of hydrogen-bond donors (Lipinski definition) is 2. The van der Waals surface area contributed by atoms with Crippen LogP contribution >= 0.6 is 0 Å². The Balaban J connectivity index is 1.53. The van der Waals surface area contributed by atoms with E-state index in [1.54, 1.807) is 6.20 Å². The van der Waals surface area contributed by atoms with E-state index in [9.17, 15) is 0 Å². The lowest BCUT2D eigenvalue weighted by molar-refractivity contribution is 0.159. The van der Waals surface area contributed by atoms with Gasteiger partial charge in [0.15, 0.2) is 5.96 Å². The molecule has 2 N–H and O–H groups in total. The highest BCUT2D eigenvalue weighted by molar-refractivity contribution is 5.79. The van der Waals surface area contributed by atoms with Crippen molar-refractivity contribution in [3.63, 3.8) is 0 Å². The first-order valence-electron chi connectivity index (χ1n) is 10.6. The van der Waals surface area contributed by atoms with Gasteiger partial charge >= 0.3 is 0 Å². The van der Waals surface area contributed by atoms with E-state index in [0.717, 1.165) is 43.7 Å². The van der Waals surface area contributed by atoms with Crippen molar-refractivity contribution in [3.05, 3.63) is 48.5 Å². The summed E-state index contributed by atoms with van der Waals surface area (Å²) in [6.07, 6.45) is 10.8. The lowest BCUT2D eigenvalue weighted by atomic mass is 10.0. The molecule has 0 amide bonds. The molecule has 0 saturated carbocycles. The fourth-order valence-electron chi connectivity index (χ4n) is 3.78. The fraction of sp³-hybridized carbons (Fsp3) is 0.545. The van der Waals surface area contributed by atoms with E-state index in [4.69, 9.17) is 4.99 Å². The number of guanidine groups is 1. The van der Waals surface area contributed by atoms with Crippen LogP contribution in [-0.2, 0) is 6.54 Å². The minimum atomic E-state index is 0.632. The second-order valence-corrected chi connectivity index (χ2v) is 7.45. The van der Waals surface area contributed by atoms with E-state index in [0.29, 0.717) is 6.54 Å². The Morgan fingerprint density at radius 2 is 2.14 bits per heavy atom. The van der Waals surface area contributed by atoms with E-state index in [1.807, 2.05) is 23.2 Å². The Kier molecular flexibility index (Phi) is 7.91. The molecule has 0 spiro atoms. The van der Waals surface area contributed by atoms with Crippen LogP contribution in [0.1, 0.15) is 45.1 Å². The smallest absolute Gasteiger partial charge is 0.191 e. The minimum absolute atomic E-state index is 0.632. The summed E-state index contributed by atoms with van der Waals surface area (Å²) >= 11 is 0. The number of aromatic nitrogens is 2. The Labute approximate surface area is 169 Å². The van der Waals surface area contributed by atoms with Gasteiger partial charge in [0.05, 0.1) is 18.6 Å². The average molecular weight is 383 g/mol. The number of nitrogens with one attached hydrogen (secondary N) is 2. The molecule has 0 radical (unpaired) electrons. The van der Waals surface area contributed by atoms with Crippen LogP contribution in [-0.4, -0.2) is 52.6 Å². The molecule has 0 aliphatic carbocycles. The SMILES string of the molecule is CCNC(=NCc1ccccc1-n1ccnc1)NCCCN1CCCCC1C. The molecule has 152 valence electrons. The first kappa shape index (κ1) is 20.4. The molecule has 0 bridgehead atoms. The number of likely N-dealkylation sites (tertiary alicyclic amines) is 1. The lowest BCUT2D eigenvalue weighted by Gasteiger charge is -2.33. The summed E-state index contributed by atoms with van der Waals surface area (Å²) < 4.78 is 2.03. The van der Waals surface area contributed by atoms with Crippen LogP contribution in [0.2, 0.25) is 0 Å². The van der Waals surface area contributed by atoms with Crippen LogP contribution in [0.15, 0.2) is 48.0 Å². The molecule has 28 heavy (non-hydrogen) atoms. The van der Waals surface area contributed by atoms with Crippen molar-refractivity contribution < 1.29 is 0 Å². The van der Waals surface area contributed by atoms with E-state index in [-0.39, 0.29) is 0 Å². The molecule has 6 nitrogen and oxygen atoms in total. The lowest BCUT2D eigenvalue weighted by Crippen LogP contribution is -2.41. The number of hydrogen-bond acceptors (Lipinski definition) is 3. The largest absolute Gasteiger partial charge is 0.357 e. The molecule has 1 fully saturated rings. The monoisotopic (exact) mass is 382 g/mol. The average Bonchev–Trinajstić information content (AvgIpc) is 3.25. The zero-order valence-corrected chi connectivity index (χ0v) is 17.3. The Hall–Kier alpha value is -2.34. The van der Waals surface area contributed by atoms with Crippen LogP contribution in [0.3, 0.4) is 0 Å². The Morgan fingerprint density at radius 1 is 1.25 bits per heavy atom. The number of aliphatic imine (C=N–C) groups is 1. The topological polar surface area (TPSA) is 57.5 Å². The molecule has 6 heteroatoms. The molecule has 1 aromatic heterocycles. The van der Waals surface area contributed by atoms with Crippen molar-refractivity contribution in [2.75, 3.05) is 26.2 Å². The first-order valence-corrected chi connectivity index (χ1v) is 10.6. The number of benzene rings is 1. The second-order valence-electron chi connectivity index (χ2n) is 7.45. The van der Waals surface area contributed by atoms with Gasteiger partial charge in [-0.05, 0) is 51.3 Å². The van der Waals surface area contributed by atoms with E-state index in [2.05, 4.69) is 52.6 Å². The molecular weight excluding hydrogens is 348 g/mol. The maximum Gasteiger partial charge on any atom is 0.191 e. The van der Waals surface area contributed by atoms with Crippen molar-refractivity contribution in [2.24, 2.45) is 4.99 Å². The van der Waals surface area contributed by atoms with Gasteiger partial charge in [-0.3, -0.25) is 0 Å². The van der Waals surface area contributed by atoms with Gasteiger partial charge in [0.25, 0.3) is 0 Å². The predicted molar refractivity (Wildman–Crippen MR) is 116 cm³/mol. The van der Waals surface area contributed by atoms with Gasteiger partial charge in [-0.15, -0.1) is 0 Å². The Morgan fingerprint density at radius 3 is 2.93 bits per heavy atom. The number of nitrogens with zero attached hydrogens (tertiary/aromatic N) is 4. The number of para-hydroxylation sites is 1. The number of imidazole rings is 1. The summed E-state index contributed by atoms with van der Waals surface area (Å²) in [5, 5.41) is 6.85. The third kappa shape index (κ3) is 5.83. The summed E-state index contributed by atoms with van der Waals surface area (Å²) in [5.74, 6) is 0.884. The third-order valence-corrected chi connectivity index (χ3v) is 5.38. The zero-order valence-electron chi connectivity index (χ0n) is 17.3. The molecule has 3 rings (SSSR count). The van der Waals surface area contributed by atoms with Gasteiger partial charge < -0.3 is 20.1 Å². The van der Waals surface area contributed by atoms with Crippen LogP contribution in [0.4, 0.5) is 0 Å². The summed E-state index contributed by atoms with van der Waals surface area (Å²) in [6.45, 7) is 9.31. The minimum Gasteiger partial charge on any atom is -0.357 e. The van der Waals surface area contributed by atoms with Gasteiger partial charge in [0.2, 0.25) is 0 Å². The zero-order chi connectivity index (χ0) is 19.6. The van der Waals surface area contributed by atoms with Gasteiger partial charge in [-0.1, -0.05) is 24.6 Å². The van der Waals surface area contributed by atoms with Crippen molar-refractivity contribution >= 4 is 5.96 Å². The van der Waals surface area contributed by atoms with Gasteiger partial charge in [-0.25, -0.2) is 9.98 Å². The summed E-state index contributed by atoms with van der Waals surface area (Å²) in [4.78, 5) is 11.6. The highest BCUT2D eigenvalue weighted by Crippen LogP contribution is 2.16. The van der Waals surface area contributed by atoms with Crippen LogP contribution in [0.25, 0.3) is 5.69 Å². The van der Waals surface area contributed by atoms with Crippen LogP contribution < -0.4 is 10.6 Å². The maximum absolute atomic E-state index is 4.80. The number of piperidine rings is 1. The standard InChI is InChI=1S/C22H34N6/c1-3-24-22(25-12-8-15-27-14-7-6-9-19(27)2)26-17-20-10-4-5-11-21(20)28-16-13-23-18-28/h4-5,10-11,13,16,18-19H,3,6-9,12,14-15,17H2,1-2H3,(H2,24,25,26). The highest BCUT2D eigenvalue weighted by atomic mass is 15.2. The van der Waals surface area contributed by atoms with Crippen molar-refractivity contribution in [3.8, 4) is 5.69 Å². The third-order valence-electron chi connectivity index (χ3n) is 5.38. The van der Waals surface area contributed by atoms with Crippen molar-refractivity contribution in [1.82, 2.24) is 25.1 Å². The number of rotatable bonds is 8. The highest BCUT2D eigenvalue weighted by Gasteiger charge is 2.17. The summed E-state index contributed by atoms with van der Waals surface area (Å²) in [7, 11) is 0. The van der Waals surface area contributed by atoms with E-state index >= 15 is 0 Å². The van der Waals surface area contributed by atoms with Gasteiger partial charge in [-0.2, -0.15) is 0 Å². The van der Waals surface area contributed by atoms with Crippen molar-refractivity contribution in [1.29, 1.82) is 0 Å². The first-order chi connectivity index (χ1) is 13.8. The molecule has 1 aliphatic rings. The Bertz CT molecular complexity index is 724. The second kappa shape index (κ2) is 10.9. The molecule has 1 aromatic carbocycles. The summed E-state index contributed by atoms with van der Waals surface area (Å²) in [6, 6.07) is 9.07. The van der Waals surface area contributed by atoms with Crippen molar-refractivity contribution in [2.45, 2.75) is 52.1 Å². The van der Waals surface area contributed by atoms with Gasteiger partial charge in [0.1, 0.15) is 0 Å². The quantitative estimate of drug-likeness (QED) is 0.418.